The number of carbonyl (C=O) groups excluding carboxylic acids is 1. The maximum Gasteiger partial charge on any atom is 0.329 e. The molecule has 0 aliphatic heterocycles. The molecule has 0 radical (unpaired) electrons. The maximum absolute atomic E-state index is 11.6. The summed E-state index contributed by atoms with van der Waals surface area (Å²) in [6.07, 6.45) is 0. The summed E-state index contributed by atoms with van der Waals surface area (Å²) < 4.78 is 4.73. The van der Waals surface area contributed by atoms with Gasteiger partial charge in [-0.05, 0) is 18.2 Å². The topological polar surface area (TPSA) is 95.9 Å². The summed E-state index contributed by atoms with van der Waals surface area (Å²) >= 11 is 5.63. The number of phenols is 1. The van der Waals surface area contributed by atoms with Gasteiger partial charge in [0.25, 0.3) is 5.91 Å². The molecule has 3 N–H and O–H groups in total. The molecule has 1 aromatic carbocycles. The third-order valence-corrected chi connectivity index (χ3v) is 2.20. The Morgan fingerprint density at radius 2 is 2.11 bits per heavy atom. The van der Waals surface area contributed by atoms with E-state index < -0.39 is 18.5 Å². The van der Waals surface area contributed by atoms with E-state index in [1.165, 1.54) is 18.2 Å². The van der Waals surface area contributed by atoms with Crippen molar-refractivity contribution in [3.8, 4) is 5.75 Å². The van der Waals surface area contributed by atoms with Crippen LogP contribution in [0.15, 0.2) is 18.2 Å². The molecule has 7 heteroatoms. The van der Waals surface area contributed by atoms with Gasteiger partial charge in [0.15, 0.2) is 0 Å². The molecule has 0 spiro atoms. The van der Waals surface area contributed by atoms with Gasteiger partial charge in [0, 0.05) is 11.6 Å². The number of carboxylic acid groups (broad SMARTS) is 1. The second kappa shape index (κ2) is 6.83. The van der Waals surface area contributed by atoms with Crippen molar-refractivity contribution in [1.82, 2.24) is 5.32 Å². The van der Waals surface area contributed by atoms with Crippen molar-refractivity contribution in [3.63, 3.8) is 0 Å². The van der Waals surface area contributed by atoms with Crippen LogP contribution in [0, 0.1) is 0 Å². The molecule has 0 bridgehead atoms. The predicted molar refractivity (Wildman–Crippen MR) is 63.9 cm³/mol. The largest absolute Gasteiger partial charge is 0.507 e. The highest BCUT2D eigenvalue weighted by molar-refractivity contribution is 6.30. The van der Waals surface area contributed by atoms with Crippen molar-refractivity contribution in [2.45, 2.75) is 0 Å². The van der Waals surface area contributed by atoms with E-state index in [-0.39, 0.29) is 24.5 Å². The maximum atomic E-state index is 11.6. The van der Waals surface area contributed by atoms with Crippen LogP contribution in [0.3, 0.4) is 0 Å². The Morgan fingerprint density at radius 1 is 1.39 bits per heavy atom. The van der Waals surface area contributed by atoms with Gasteiger partial charge in [0.05, 0.1) is 12.2 Å². The second-order valence-electron chi connectivity index (χ2n) is 3.36. The smallest absolute Gasteiger partial charge is 0.329 e. The van der Waals surface area contributed by atoms with Gasteiger partial charge in [0.2, 0.25) is 0 Å². The van der Waals surface area contributed by atoms with Crippen LogP contribution >= 0.6 is 11.6 Å². The summed E-state index contributed by atoms with van der Waals surface area (Å²) in [5, 5.41) is 20.6. The molecule has 0 aliphatic rings. The first kappa shape index (κ1) is 14.3. The second-order valence-corrected chi connectivity index (χ2v) is 3.80. The van der Waals surface area contributed by atoms with E-state index in [0.29, 0.717) is 5.02 Å². The Bertz CT molecular complexity index is 449. The van der Waals surface area contributed by atoms with E-state index in [0.717, 1.165) is 0 Å². The number of rotatable bonds is 6. The lowest BCUT2D eigenvalue weighted by atomic mass is 10.2. The minimum atomic E-state index is -1.07. The van der Waals surface area contributed by atoms with Crippen LogP contribution in [0.5, 0.6) is 5.75 Å². The molecule has 0 saturated heterocycles. The molecule has 18 heavy (non-hydrogen) atoms. The van der Waals surface area contributed by atoms with Gasteiger partial charge in [-0.2, -0.15) is 0 Å². The van der Waals surface area contributed by atoms with Gasteiger partial charge in [-0.1, -0.05) is 11.6 Å². The van der Waals surface area contributed by atoms with Crippen LogP contribution in [0.1, 0.15) is 10.4 Å². The highest BCUT2D eigenvalue weighted by Gasteiger charge is 2.10. The number of carboxylic acids is 1. The summed E-state index contributed by atoms with van der Waals surface area (Å²) in [7, 11) is 0. The van der Waals surface area contributed by atoms with Gasteiger partial charge < -0.3 is 20.3 Å². The first-order valence-electron chi connectivity index (χ1n) is 5.07. The van der Waals surface area contributed by atoms with Crippen LogP contribution in [0.4, 0.5) is 0 Å². The SMILES string of the molecule is O=C(O)COCCNC(=O)c1ccc(Cl)cc1O. The molecule has 0 fully saturated rings. The Kier molecular flexibility index (Phi) is 5.41. The number of aliphatic carboxylic acids is 1. The molecule has 0 aromatic heterocycles. The summed E-state index contributed by atoms with van der Waals surface area (Å²) in [4.78, 5) is 21.7. The van der Waals surface area contributed by atoms with E-state index in [2.05, 4.69) is 5.32 Å². The first-order chi connectivity index (χ1) is 8.50. The van der Waals surface area contributed by atoms with Crippen molar-refractivity contribution in [2.24, 2.45) is 0 Å². The Balaban J connectivity index is 2.39. The van der Waals surface area contributed by atoms with Crippen LogP contribution in [-0.2, 0) is 9.53 Å². The summed E-state index contributed by atoms with van der Waals surface area (Å²) in [6, 6.07) is 4.14. The molecule has 1 amide bonds. The third-order valence-electron chi connectivity index (χ3n) is 1.96. The molecule has 0 unspecified atom stereocenters. The highest BCUT2D eigenvalue weighted by atomic mass is 35.5. The summed E-state index contributed by atoms with van der Waals surface area (Å²) in [5.74, 6) is -1.77. The van der Waals surface area contributed by atoms with Gasteiger partial charge >= 0.3 is 5.97 Å². The van der Waals surface area contributed by atoms with Crippen molar-refractivity contribution in [1.29, 1.82) is 0 Å². The molecule has 6 nitrogen and oxygen atoms in total. The number of nitrogens with one attached hydrogen (secondary N) is 1. The third kappa shape index (κ3) is 4.60. The average molecular weight is 274 g/mol. The number of carbonyl (C=O) groups is 2. The lowest BCUT2D eigenvalue weighted by Gasteiger charge is -2.07. The predicted octanol–water partition coefficient (Wildman–Crippen LogP) is 0.877. The quantitative estimate of drug-likeness (QED) is 0.669. The molecule has 0 atom stereocenters. The van der Waals surface area contributed by atoms with Gasteiger partial charge in [0.1, 0.15) is 12.4 Å². The number of hydrogen-bond acceptors (Lipinski definition) is 4. The van der Waals surface area contributed by atoms with Crippen molar-refractivity contribution >= 4 is 23.5 Å². The summed E-state index contributed by atoms with van der Waals surface area (Å²) in [6.45, 7) is -0.192. The molecule has 0 saturated carbocycles. The monoisotopic (exact) mass is 273 g/mol. The normalized spacial score (nSPS) is 10.1. The molecular formula is C11H12ClNO5. The lowest BCUT2D eigenvalue weighted by molar-refractivity contribution is -0.142. The number of phenolic OH excluding ortho intramolecular Hbond substituents is 1. The van der Waals surface area contributed by atoms with Crippen molar-refractivity contribution in [2.75, 3.05) is 19.8 Å². The van der Waals surface area contributed by atoms with E-state index in [1.54, 1.807) is 0 Å². The standard InChI is InChI=1S/C11H12ClNO5/c12-7-1-2-8(9(14)5-7)11(17)13-3-4-18-6-10(15)16/h1-2,5,14H,3-4,6H2,(H,13,17)(H,15,16). The molecule has 1 aromatic rings. The zero-order valence-corrected chi connectivity index (χ0v) is 10.1. The Labute approximate surface area is 108 Å². The van der Waals surface area contributed by atoms with E-state index in [1.807, 2.05) is 0 Å². The number of ether oxygens (including phenoxy) is 1. The molecule has 1 rings (SSSR count). The number of amides is 1. The Hall–Kier alpha value is -1.79. The highest BCUT2D eigenvalue weighted by Crippen LogP contribution is 2.21. The van der Waals surface area contributed by atoms with Gasteiger partial charge in [-0.25, -0.2) is 4.79 Å². The van der Waals surface area contributed by atoms with E-state index in [4.69, 9.17) is 21.4 Å². The lowest BCUT2D eigenvalue weighted by Crippen LogP contribution is -2.28. The fourth-order valence-corrected chi connectivity index (χ4v) is 1.35. The fourth-order valence-electron chi connectivity index (χ4n) is 1.19. The van der Waals surface area contributed by atoms with Crippen molar-refractivity contribution < 1.29 is 24.5 Å². The van der Waals surface area contributed by atoms with Crippen LogP contribution in [0.25, 0.3) is 0 Å². The van der Waals surface area contributed by atoms with Gasteiger partial charge in [-0.3, -0.25) is 4.79 Å². The van der Waals surface area contributed by atoms with Crippen molar-refractivity contribution in [3.05, 3.63) is 28.8 Å². The molecule has 98 valence electrons. The molecular weight excluding hydrogens is 262 g/mol. The number of halogens is 1. The zero-order valence-electron chi connectivity index (χ0n) is 9.35. The minimum absolute atomic E-state index is 0.0758. The van der Waals surface area contributed by atoms with E-state index >= 15 is 0 Å². The molecule has 0 heterocycles. The number of hydrogen-bond donors (Lipinski definition) is 3. The van der Waals surface area contributed by atoms with Gasteiger partial charge in [-0.15, -0.1) is 0 Å². The number of benzene rings is 1. The molecule has 0 aliphatic carbocycles. The van der Waals surface area contributed by atoms with Crippen LogP contribution < -0.4 is 5.32 Å². The Morgan fingerprint density at radius 3 is 2.72 bits per heavy atom. The summed E-state index contributed by atoms with van der Waals surface area (Å²) in [5.41, 5.74) is 0.0950. The first-order valence-corrected chi connectivity index (χ1v) is 5.44. The minimum Gasteiger partial charge on any atom is -0.507 e. The van der Waals surface area contributed by atoms with E-state index in [9.17, 15) is 14.7 Å². The average Bonchev–Trinajstić information content (AvgIpc) is 2.27. The van der Waals surface area contributed by atoms with Crippen LogP contribution in [-0.4, -0.2) is 41.8 Å². The number of aromatic hydroxyl groups is 1. The fraction of sp³-hybridized carbons (Fsp3) is 0.273. The zero-order chi connectivity index (χ0) is 13.5. The van der Waals surface area contributed by atoms with Crippen LogP contribution in [0.2, 0.25) is 5.02 Å².